The third kappa shape index (κ3) is 5.35. The minimum absolute atomic E-state index is 0.126. The molecule has 222 valence electrons. The molecule has 7 nitrogen and oxygen atoms in total. The van der Waals surface area contributed by atoms with Crippen molar-refractivity contribution in [2.24, 2.45) is 10.2 Å². The maximum atomic E-state index is 15.0. The first-order valence-corrected chi connectivity index (χ1v) is 16.7. The van der Waals surface area contributed by atoms with E-state index < -0.39 is 13.3 Å². The van der Waals surface area contributed by atoms with Gasteiger partial charge in [0, 0.05) is 43.1 Å². The van der Waals surface area contributed by atoms with E-state index in [1.54, 1.807) is 40.5 Å². The molecule has 10 heteroatoms. The Morgan fingerprint density at radius 1 is 1.17 bits per heavy atom. The summed E-state index contributed by atoms with van der Waals surface area (Å²) in [6.07, 6.45) is 7.03. The lowest BCUT2D eigenvalue weighted by molar-refractivity contribution is -0.130. The Labute approximate surface area is 252 Å². The zero-order valence-corrected chi connectivity index (χ0v) is 26.7. The van der Waals surface area contributed by atoms with E-state index in [9.17, 15) is 9.36 Å². The molecule has 2 aromatic rings. The fourth-order valence-corrected chi connectivity index (χ4v) is 8.14. The second kappa shape index (κ2) is 11.1. The summed E-state index contributed by atoms with van der Waals surface area (Å²) >= 11 is 6.85. The topological polar surface area (TPSA) is 69.1 Å². The van der Waals surface area contributed by atoms with E-state index in [1.807, 2.05) is 13.8 Å². The van der Waals surface area contributed by atoms with Crippen LogP contribution in [0.3, 0.4) is 0 Å². The number of nitrogens with zero attached hydrogens (tertiary/aromatic N) is 5. The summed E-state index contributed by atoms with van der Waals surface area (Å²) in [5.41, 5.74) is 2.92. The Balaban J connectivity index is 1.75. The third-order valence-electron chi connectivity index (χ3n) is 8.10. The third-order valence-corrected chi connectivity index (χ3v) is 10.1. The standard InChI is InChI=1S/C32H38ClFN5O2P/c1-8-28(40)37-18-21(3)38(19-20(37)2)31-23-17-25(33)29(22-13-9-11-15-26(22)34)35-30(23)39(42(7,41)36-31)27-16-12-10-14-24(27)32(4,5)6/h8-11,13-15,17,20-21H,1,12,16,18-19H2,2-7H3/t20-,21+,42+/m1/s1. The van der Waals surface area contributed by atoms with Crippen LogP contribution in [0.25, 0.3) is 11.3 Å². The van der Waals surface area contributed by atoms with Gasteiger partial charge in [-0.25, -0.2) is 9.37 Å². The predicted molar refractivity (Wildman–Crippen MR) is 170 cm³/mol. The number of carbonyl (C=O) groups is 1. The molecule has 0 radical (unpaired) electrons. The highest BCUT2D eigenvalue weighted by atomic mass is 35.5. The molecule has 0 unspecified atom stereocenters. The molecule has 1 amide bonds. The van der Waals surface area contributed by atoms with Gasteiger partial charge in [0.25, 0.3) is 7.44 Å². The monoisotopic (exact) mass is 609 g/mol. The largest absolute Gasteiger partial charge is 0.349 e. The Bertz CT molecular complexity index is 1590. The number of benzene rings is 1. The van der Waals surface area contributed by atoms with Gasteiger partial charge in [-0.1, -0.05) is 63.2 Å². The van der Waals surface area contributed by atoms with Gasteiger partial charge in [0.2, 0.25) is 5.91 Å². The Hall–Kier alpha value is -3.22. The molecule has 0 spiro atoms. The maximum absolute atomic E-state index is 15.0. The number of halogens is 2. The molecule has 0 saturated carbocycles. The quantitative estimate of drug-likeness (QED) is 0.264. The van der Waals surface area contributed by atoms with E-state index in [1.165, 1.54) is 12.1 Å². The molecule has 3 atom stereocenters. The van der Waals surface area contributed by atoms with Crippen LogP contribution in [-0.4, -0.2) is 58.4 Å². The smallest absolute Gasteiger partial charge is 0.285 e. The van der Waals surface area contributed by atoms with Crippen molar-refractivity contribution >= 4 is 36.6 Å². The second-order valence-electron chi connectivity index (χ2n) is 12.3. The van der Waals surface area contributed by atoms with Crippen LogP contribution in [0.4, 0.5) is 10.2 Å². The van der Waals surface area contributed by atoms with Crippen molar-refractivity contribution in [2.45, 2.75) is 59.5 Å². The van der Waals surface area contributed by atoms with Crippen LogP contribution in [0, 0.1) is 11.2 Å². The Morgan fingerprint density at radius 2 is 1.88 bits per heavy atom. The average molecular weight is 610 g/mol. The van der Waals surface area contributed by atoms with Crippen LogP contribution in [0.5, 0.6) is 0 Å². The van der Waals surface area contributed by atoms with Gasteiger partial charge in [-0.2, -0.15) is 4.76 Å². The number of aromatic nitrogens is 1. The number of piperazine rings is 1. The van der Waals surface area contributed by atoms with Crippen LogP contribution in [0.2, 0.25) is 5.02 Å². The first-order chi connectivity index (χ1) is 19.7. The number of amides is 1. The Kier molecular flexibility index (Phi) is 8.01. The number of amidine groups is 1. The van der Waals surface area contributed by atoms with Crippen LogP contribution in [-0.2, 0) is 9.36 Å². The van der Waals surface area contributed by atoms with E-state index in [0.717, 1.165) is 17.7 Å². The second-order valence-corrected chi connectivity index (χ2v) is 15.0. The number of rotatable bonds is 3. The summed E-state index contributed by atoms with van der Waals surface area (Å²) in [5.74, 6) is 0.405. The van der Waals surface area contributed by atoms with Crippen LogP contribution >= 0.6 is 19.0 Å². The molecule has 2 aliphatic heterocycles. The van der Waals surface area contributed by atoms with Crippen molar-refractivity contribution < 1.29 is 13.8 Å². The molecule has 1 aromatic carbocycles. The fourth-order valence-electron chi connectivity index (χ4n) is 6.06. The minimum atomic E-state index is -3.46. The highest BCUT2D eigenvalue weighted by Gasteiger charge is 2.43. The lowest BCUT2D eigenvalue weighted by Crippen LogP contribution is -2.59. The number of carbonyl (C=O) groups excluding carboxylic acids is 1. The van der Waals surface area contributed by atoms with E-state index in [4.69, 9.17) is 21.3 Å². The molecule has 0 N–H and O–H groups in total. The van der Waals surface area contributed by atoms with Crippen LogP contribution < -0.4 is 4.67 Å². The van der Waals surface area contributed by atoms with Gasteiger partial charge in [0.05, 0.1) is 16.3 Å². The van der Waals surface area contributed by atoms with Crippen molar-refractivity contribution in [2.75, 3.05) is 24.4 Å². The zero-order chi connectivity index (χ0) is 30.6. The molecule has 42 heavy (non-hydrogen) atoms. The van der Waals surface area contributed by atoms with Gasteiger partial charge >= 0.3 is 0 Å². The number of allylic oxidation sites excluding steroid dienone is 4. The Morgan fingerprint density at radius 3 is 2.55 bits per heavy atom. The number of hydrogen-bond acceptors (Lipinski definition) is 4. The molecule has 1 fully saturated rings. The van der Waals surface area contributed by atoms with E-state index >= 15 is 4.39 Å². The number of pyridine rings is 1. The number of fused-ring (bicyclic) bond motifs is 1. The normalized spacial score (nSPS) is 24.5. The first-order valence-electron chi connectivity index (χ1n) is 14.3. The minimum Gasteiger partial charge on any atom is -0.349 e. The molecule has 3 heterocycles. The lowest BCUT2D eigenvalue weighted by atomic mass is 9.82. The molecule has 3 aliphatic rings. The highest BCUT2D eigenvalue weighted by molar-refractivity contribution is 7.64. The van der Waals surface area contributed by atoms with Gasteiger partial charge in [-0.3, -0.25) is 14.0 Å². The molecule has 1 aliphatic carbocycles. The van der Waals surface area contributed by atoms with Crippen molar-refractivity contribution in [3.63, 3.8) is 0 Å². The van der Waals surface area contributed by atoms with Gasteiger partial charge in [-0.05, 0) is 62.0 Å². The summed E-state index contributed by atoms with van der Waals surface area (Å²) in [7, 11) is -3.46. The van der Waals surface area contributed by atoms with Gasteiger partial charge in [0.15, 0.2) is 5.82 Å². The molecule has 1 saturated heterocycles. The van der Waals surface area contributed by atoms with Crippen molar-refractivity contribution in [3.05, 3.63) is 82.8 Å². The van der Waals surface area contributed by atoms with E-state index in [2.05, 4.69) is 44.4 Å². The van der Waals surface area contributed by atoms with Gasteiger partial charge in [-0.15, -0.1) is 0 Å². The molecule has 1 aromatic heterocycles. The SMILES string of the molecule is C=CC(=O)N1C[C@H](C)N(C2=N[P@](C)(=O)N(C3=C(C(C)(C)C)C=CCC3)c3nc(-c4ccccc4F)c(Cl)cc32)C[C@H]1C. The lowest BCUT2D eigenvalue weighted by Gasteiger charge is -2.47. The van der Waals surface area contributed by atoms with Gasteiger partial charge in [0.1, 0.15) is 11.7 Å². The van der Waals surface area contributed by atoms with Gasteiger partial charge < -0.3 is 9.80 Å². The van der Waals surface area contributed by atoms with Crippen molar-refractivity contribution in [1.29, 1.82) is 0 Å². The summed E-state index contributed by atoms with van der Waals surface area (Å²) in [6.45, 7) is 16.6. The summed E-state index contributed by atoms with van der Waals surface area (Å²) < 4.78 is 36.6. The van der Waals surface area contributed by atoms with Crippen LogP contribution in [0.15, 0.2) is 71.2 Å². The molecular weight excluding hydrogens is 572 g/mol. The molecule has 0 bridgehead atoms. The summed E-state index contributed by atoms with van der Waals surface area (Å²) in [6, 6.07) is 7.89. The van der Waals surface area contributed by atoms with E-state index in [0.29, 0.717) is 36.7 Å². The number of hydrogen-bond donors (Lipinski definition) is 0. The molecule has 5 rings (SSSR count). The number of anilines is 1. The van der Waals surface area contributed by atoms with E-state index in [-0.39, 0.29) is 39.7 Å². The zero-order valence-electron chi connectivity index (χ0n) is 25.1. The first kappa shape index (κ1) is 30.2. The summed E-state index contributed by atoms with van der Waals surface area (Å²) in [5, 5.41) is 0.272. The van der Waals surface area contributed by atoms with Crippen LogP contribution in [0.1, 0.15) is 53.0 Å². The molecular formula is C32H38ClFN5O2P. The summed E-state index contributed by atoms with van der Waals surface area (Å²) in [4.78, 5) is 21.4. The fraction of sp³-hybridized carbons (Fsp3) is 0.406. The van der Waals surface area contributed by atoms with Crippen molar-refractivity contribution in [1.82, 2.24) is 14.8 Å². The maximum Gasteiger partial charge on any atom is 0.285 e. The average Bonchev–Trinajstić information content (AvgIpc) is 2.93. The predicted octanol–water partition coefficient (Wildman–Crippen LogP) is 7.69. The van der Waals surface area contributed by atoms with Crippen molar-refractivity contribution in [3.8, 4) is 11.3 Å². The highest BCUT2D eigenvalue weighted by Crippen LogP contribution is 2.59.